The molecule has 2 nitrogen and oxygen atoms in total. The molecular weight excluding hydrogens is 216 g/mol. The maximum atomic E-state index is 8.73. The summed E-state index contributed by atoms with van der Waals surface area (Å²) in [6.45, 7) is 0. The average molecular weight is 223 g/mol. The Morgan fingerprint density at radius 1 is 1.29 bits per heavy atom. The third-order valence-electron chi connectivity index (χ3n) is 1.67. The molecule has 0 fully saturated rings. The van der Waals surface area contributed by atoms with E-state index >= 15 is 0 Å². The number of nitriles is 2. The third-order valence-corrected chi connectivity index (χ3v) is 2.59. The van der Waals surface area contributed by atoms with Crippen LogP contribution in [0, 0.1) is 22.0 Å². The third kappa shape index (κ3) is 3.30. The smallest absolute Gasteiger partial charge is 0.134 e. The van der Waals surface area contributed by atoms with Gasteiger partial charge in [-0.2, -0.15) is 10.5 Å². The van der Waals surface area contributed by atoms with Crippen molar-refractivity contribution in [3.8, 4) is 11.5 Å². The summed E-state index contributed by atoms with van der Waals surface area (Å²) in [5.41, 5.74) is 1.02. The molecular formula is C10H7ClN2S. The predicted octanol–water partition coefficient (Wildman–Crippen LogP) is 2.99. The quantitative estimate of drug-likeness (QED) is 0.739. The minimum Gasteiger partial charge on any atom is -0.197 e. The molecule has 0 N–H and O–H groups in total. The molecule has 1 atom stereocenters. The molecule has 0 saturated carbocycles. The minimum absolute atomic E-state index is 0.304. The summed E-state index contributed by atoms with van der Waals surface area (Å²) in [6.07, 6.45) is 0.575. The van der Waals surface area contributed by atoms with Crippen LogP contribution < -0.4 is 0 Å². The number of hydrogen-bond acceptors (Lipinski definition) is 3. The molecule has 4 heteroatoms. The van der Waals surface area contributed by atoms with E-state index < -0.39 is 0 Å². The fourth-order valence-corrected chi connectivity index (χ4v) is 1.59. The molecule has 0 amide bonds. The van der Waals surface area contributed by atoms with Gasteiger partial charge in [0.1, 0.15) is 10.7 Å². The van der Waals surface area contributed by atoms with Crippen molar-refractivity contribution in [2.75, 3.05) is 0 Å². The molecule has 1 aromatic rings. The molecule has 1 rings (SSSR count). The molecule has 0 spiro atoms. The average Bonchev–Trinajstić information content (AvgIpc) is 2.20. The lowest BCUT2D eigenvalue weighted by molar-refractivity contribution is 1.03. The zero-order chi connectivity index (χ0) is 10.4. The summed E-state index contributed by atoms with van der Waals surface area (Å²) >= 11 is 6.71. The van der Waals surface area contributed by atoms with Gasteiger partial charge in [-0.1, -0.05) is 23.7 Å². The highest BCUT2D eigenvalue weighted by molar-refractivity contribution is 8.04. The van der Waals surface area contributed by atoms with Crippen LogP contribution in [0.15, 0.2) is 24.3 Å². The molecule has 70 valence electrons. The molecule has 14 heavy (non-hydrogen) atoms. The summed E-state index contributed by atoms with van der Waals surface area (Å²) in [4.78, 5) is 0. The first-order valence-electron chi connectivity index (χ1n) is 3.95. The van der Waals surface area contributed by atoms with Crippen molar-refractivity contribution in [3.63, 3.8) is 0 Å². The van der Waals surface area contributed by atoms with Crippen molar-refractivity contribution in [1.29, 1.82) is 10.5 Å². The van der Waals surface area contributed by atoms with E-state index in [0.717, 1.165) is 17.3 Å². The highest BCUT2D eigenvalue weighted by Crippen LogP contribution is 2.16. The van der Waals surface area contributed by atoms with Crippen molar-refractivity contribution in [2.24, 2.45) is 0 Å². The van der Waals surface area contributed by atoms with Crippen LogP contribution in [0.1, 0.15) is 5.56 Å². The molecule has 0 heterocycles. The summed E-state index contributed by atoms with van der Waals surface area (Å²) < 4.78 is 0. The zero-order valence-electron chi connectivity index (χ0n) is 7.27. The van der Waals surface area contributed by atoms with E-state index in [9.17, 15) is 0 Å². The molecule has 0 radical (unpaired) electrons. The van der Waals surface area contributed by atoms with Crippen LogP contribution in [0.3, 0.4) is 0 Å². The molecule has 0 aromatic heterocycles. The van der Waals surface area contributed by atoms with Crippen molar-refractivity contribution in [3.05, 3.63) is 34.9 Å². The van der Waals surface area contributed by atoms with Crippen molar-refractivity contribution in [2.45, 2.75) is 11.7 Å². The number of nitrogens with zero attached hydrogens (tertiary/aromatic N) is 2. The maximum absolute atomic E-state index is 8.73. The number of halogens is 1. The van der Waals surface area contributed by atoms with Crippen molar-refractivity contribution < 1.29 is 0 Å². The molecule has 0 saturated heterocycles. The van der Waals surface area contributed by atoms with Crippen LogP contribution >= 0.6 is 23.4 Å². The Labute approximate surface area is 92.1 Å². The number of hydrogen-bond donors (Lipinski definition) is 0. The first kappa shape index (κ1) is 10.9. The van der Waals surface area contributed by atoms with Gasteiger partial charge in [0.15, 0.2) is 0 Å². The summed E-state index contributed by atoms with van der Waals surface area (Å²) in [5.74, 6) is 0. The molecule has 1 aromatic carbocycles. The van der Waals surface area contributed by atoms with E-state index in [-0.39, 0.29) is 5.25 Å². The molecule has 1 unspecified atom stereocenters. The Morgan fingerprint density at radius 3 is 2.43 bits per heavy atom. The zero-order valence-corrected chi connectivity index (χ0v) is 8.85. The second-order valence-corrected chi connectivity index (χ2v) is 4.08. The lowest BCUT2D eigenvalue weighted by atomic mass is 10.1. The Balaban J connectivity index is 2.65. The second-order valence-electron chi connectivity index (χ2n) is 2.66. The summed E-state index contributed by atoms with van der Waals surface area (Å²) in [5, 5.41) is 19.4. The van der Waals surface area contributed by atoms with Crippen LogP contribution in [0.2, 0.25) is 5.02 Å². The van der Waals surface area contributed by atoms with Crippen LogP contribution in [-0.4, -0.2) is 5.25 Å². The minimum atomic E-state index is -0.304. The number of rotatable bonds is 3. The van der Waals surface area contributed by atoms with Gasteiger partial charge in [-0.25, -0.2) is 0 Å². The van der Waals surface area contributed by atoms with Crippen LogP contribution in [-0.2, 0) is 6.42 Å². The molecule has 0 aliphatic carbocycles. The Kier molecular flexibility index (Phi) is 4.32. The highest BCUT2D eigenvalue weighted by atomic mass is 35.5. The fraction of sp³-hybridized carbons (Fsp3) is 0.200. The molecule has 0 aliphatic heterocycles. The van der Waals surface area contributed by atoms with E-state index in [1.54, 1.807) is 12.1 Å². The van der Waals surface area contributed by atoms with E-state index in [1.165, 1.54) is 0 Å². The van der Waals surface area contributed by atoms with Gasteiger partial charge in [0.2, 0.25) is 0 Å². The van der Waals surface area contributed by atoms with Gasteiger partial charge in [0.25, 0.3) is 0 Å². The number of thioether (sulfide) groups is 1. The Hall–Kier alpha value is -1.16. The molecule has 0 aliphatic rings. The van der Waals surface area contributed by atoms with Gasteiger partial charge >= 0.3 is 0 Å². The Bertz CT molecular complexity index is 375. The summed E-state index contributed by atoms with van der Waals surface area (Å²) in [6, 6.07) is 9.37. The number of benzene rings is 1. The van der Waals surface area contributed by atoms with Crippen molar-refractivity contribution in [1.82, 2.24) is 0 Å². The largest absolute Gasteiger partial charge is 0.197 e. The van der Waals surface area contributed by atoms with Gasteiger partial charge < -0.3 is 0 Å². The fourth-order valence-electron chi connectivity index (χ4n) is 1.01. The molecule has 0 bridgehead atoms. The topological polar surface area (TPSA) is 47.6 Å². The normalized spacial score (nSPS) is 11.4. The van der Waals surface area contributed by atoms with E-state index in [0.29, 0.717) is 11.4 Å². The van der Waals surface area contributed by atoms with Crippen molar-refractivity contribution >= 4 is 23.4 Å². The van der Waals surface area contributed by atoms with E-state index in [4.69, 9.17) is 22.1 Å². The first-order valence-corrected chi connectivity index (χ1v) is 5.21. The van der Waals surface area contributed by atoms with Gasteiger partial charge in [-0.05, 0) is 35.9 Å². The monoisotopic (exact) mass is 222 g/mol. The maximum Gasteiger partial charge on any atom is 0.134 e. The first-order chi connectivity index (χ1) is 6.76. The van der Waals surface area contributed by atoms with Gasteiger partial charge in [0.05, 0.1) is 6.07 Å². The van der Waals surface area contributed by atoms with E-state index in [2.05, 4.69) is 6.07 Å². The lowest BCUT2D eigenvalue weighted by Gasteiger charge is -2.03. The van der Waals surface area contributed by atoms with Crippen LogP contribution in [0.4, 0.5) is 0 Å². The lowest BCUT2D eigenvalue weighted by Crippen LogP contribution is -2.02. The second kappa shape index (κ2) is 5.54. The van der Waals surface area contributed by atoms with Gasteiger partial charge in [-0.3, -0.25) is 0 Å². The van der Waals surface area contributed by atoms with Gasteiger partial charge in [0, 0.05) is 5.02 Å². The van der Waals surface area contributed by atoms with Gasteiger partial charge in [-0.15, -0.1) is 0 Å². The van der Waals surface area contributed by atoms with Crippen LogP contribution in [0.5, 0.6) is 0 Å². The van der Waals surface area contributed by atoms with E-state index in [1.807, 2.05) is 17.5 Å². The highest BCUT2D eigenvalue weighted by Gasteiger charge is 2.08. The predicted molar refractivity (Wildman–Crippen MR) is 57.8 cm³/mol. The summed E-state index contributed by atoms with van der Waals surface area (Å²) in [7, 11) is 0. The number of thiocyanates is 1. The van der Waals surface area contributed by atoms with Crippen LogP contribution in [0.25, 0.3) is 0 Å². The standard InChI is InChI=1S/C10H7ClN2S/c11-9-3-1-8(2-4-9)5-10(6-12)14-7-13/h1-4,10H,5H2. The SMILES string of the molecule is N#CSC(C#N)Cc1ccc(Cl)cc1. The Morgan fingerprint density at radius 2 is 1.93 bits per heavy atom.